The number of hydrogen-bond acceptors (Lipinski definition) is 5. The highest BCUT2D eigenvalue weighted by atomic mass is 32.2. The number of benzene rings is 3. The van der Waals surface area contributed by atoms with Gasteiger partial charge in [-0.15, -0.1) is 0 Å². The van der Waals surface area contributed by atoms with Gasteiger partial charge in [0.05, 0.1) is 28.9 Å². The maximum Gasteiger partial charge on any atom is 0.257 e. The number of fused-ring (bicyclic) bond motifs is 1. The SMILES string of the molecule is O=C1CC(N(Cc2ccccc2)C(=O)CSc2nc3ccccc3[nH]2)C(=O)N1c1ccccc1. The van der Waals surface area contributed by atoms with Crippen molar-refractivity contribution in [3.63, 3.8) is 0 Å². The van der Waals surface area contributed by atoms with Crippen LogP contribution in [0.5, 0.6) is 0 Å². The Morgan fingerprint density at radius 2 is 1.65 bits per heavy atom. The van der Waals surface area contributed by atoms with E-state index in [9.17, 15) is 14.4 Å². The van der Waals surface area contributed by atoms with Gasteiger partial charge < -0.3 is 9.88 Å². The highest BCUT2D eigenvalue weighted by molar-refractivity contribution is 7.99. The van der Waals surface area contributed by atoms with Gasteiger partial charge in [0.1, 0.15) is 6.04 Å². The number of H-pyrrole nitrogens is 1. The number of rotatable bonds is 7. The van der Waals surface area contributed by atoms with Crippen LogP contribution in [0.2, 0.25) is 0 Å². The van der Waals surface area contributed by atoms with Crippen LogP contribution in [0.15, 0.2) is 90.1 Å². The van der Waals surface area contributed by atoms with Gasteiger partial charge in [-0.25, -0.2) is 9.88 Å². The summed E-state index contributed by atoms with van der Waals surface area (Å²) in [6.45, 7) is 0.243. The van der Waals surface area contributed by atoms with Crippen molar-refractivity contribution in [2.75, 3.05) is 10.7 Å². The minimum Gasteiger partial charge on any atom is -0.333 e. The zero-order valence-corrected chi connectivity index (χ0v) is 19.1. The zero-order valence-electron chi connectivity index (χ0n) is 18.3. The number of aromatic nitrogens is 2. The summed E-state index contributed by atoms with van der Waals surface area (Å²) in [5.74, 6) is -0.822. The maximum atomic E-state index is 13.4. The number of nitrogens with one attached hydrogen (secondary N) is 1. The maximum absolute atomic E-state index is 13.4. The second-order valence-corrected chi connectivity index (χ2v) is 8.94. The number of nitrogens with zero attached hydrogens (tertiary/aromatic N) is 3. The molecule has 7 nitrogen and oxygen atoms in total. The molecule has 1 atom stereocenters. The number of anilines is 1. The molecule has 0 radical (unpaired) electrons. The van der Waals surface area contributed by atoms with Gasteiger partial charge in [0, 0.05) is 6.54 Å². The zero-order chi connectivity index (χ0) is 23.5. The number of thioether (sulfide) groups is 1. The minimum absolute atomic E-state index is 0.0401. The highest BCUT2D eigenvalue weighted by Crippen LogP contribution is 2.28. The molecular formula is C26H22N4O3S. The third kappa shape index (κ3) is 4.45. The van der Waals surface area contributed by atoms with Crippen molar-refractivity contribution < 1.29 is 14.4 Å². The fraction of sp³-hybridized carbons (Fsp3) is 0.154. The molecule has 2 heterocycles. The van der Waals surface area contributed by atoms with Crippen molar-refractivity contribution in [3.05, 3.63) is 90.5 Å². The van der Waals surface area contributed by atoms with E-state index in [0.717, 1.165) is 16.6 Å². The van der Waals surface area contributed by atoms with Crippen molar-refractivity contribution >= 4 is 46.2 Å². The monoisotopic (exact) mass is 470 g/mol. The molecular weight excluding hydrogens is 448 g/mol. The van der Waals surface area contributed by atoms with E-state index < -0.39 is 6.04 Å². The van der Waals surface area contributed by atoms with Crippen LogP contribution in [0.3, 0.4) is 0 Å². The number of imidazole rings is 1. The molecule has 0 aliphatic carbocycles. The Morgan fingerprint density at radius 3 is 2.38 bits per heavy atom. The number of imide groups is 1. The van der Waals surface area contributed by atoms with Crippen LogP contribution in [0, 0.1) is 0 Å². The Morgan fingerprint density at radius 1 is 0.971 bits per heavy atom. The number of carbonyl (C=O) groups excluding carboxylic acids is 3. The van der Waals surface area contributed by atoms with Crippen LogP contribution in [-0.4, -0.2) is 44.4 Å². The summed E-state index contributed by atoms with van der Waals surface area (Å²) >= 11 is 1.28. The fourth-order valence-electron chi connectivity index (χ4n) is 4.07. The Balaban J connectivity index is 1.38. The average molecular weight is 471 g/mol. The molecule has 3 amide bonds. The van der Waals surface area contributed by atoms with E-state index in [1.165, 1.54) is 21.6 Å². The van der Waals surface area contributed by atoms with Crippen LogP contribution < -0.4 is 4.90 Å². The number of aromatic amines is 1. The topological polar surface area (TPSA) is 86.4 Å². The molecule has 1 saturated heterocycles. The van der Waals surface area contributed by atoms with Crippen molar-refractivity contribution in [1.82, 2.24) is 14.9 Å². The van der Waals surface area contributed by atoms with E-state index >= 15 is 0 Å². The summed E-state index contributed by atoms with van der Waals surface area (Å²) in [5.41, 5.74) is 3.13. The molecule has 3 aromatic carbocycles. The normalized spacial score (nSPS) is 15.8. The van der Waals surface area contributed by atoms with Gasteiger partial charge in [0.25, 0.3) is 5.91 Å². The average Bonchev–Trinajstić information content (AvgIpc) is 3.41. The van der Waals surface area contributed by atoms with Crippen molar-refractivity contribution in [2.45, 2.75) is 24.2 Å². The number of hydrogen-bond donors (Lipinski definition) is 1. The Labute approximate surface area is 200 Å². The molecule has 1 aromatic heterocycles. The van der Waals surface area contributed by atoms with Gasteiger partial charge in [-0.3, -0.25) is 14.4 Å². The molecule has 0 bridgehead atoms. The van der Waals surface area contributed by atoms with Crippen LogP contribution >= 0.6 is 11.8 Å². The number of para-hydroxylation sites is 3. The lowest BCUT2D eigenvalue weighted by molar-refractivity contribution is -0.136. The molecule has 5 rings (SSSR count). The lowest BCUT2D eigenvalue weighted by Gasteiger charge is -2.27. The second-order valence-electron chi connectivity index (χ2n) is 7.98. The van der Waals surface area contributed by atoms with E-state index in [1.807, 2.05) is 60.7 Å². The van der Waals surface area contributed by atoms with Gasteiger partial charge in [0.2, 0.25) is 11.8 Å². The lowest BCUT2D eigenvalue weighted by atomic mass is 10.1. The highest BCUT2D eigenvalue weighted by Gasteiger charge is 2.44. The molecule has 4 aromatic rings. The summed E-state index contributed by atoms with van der Waals surface area (Å²) in [7, 11) is 0. The Hall–Kier alpha value is -3.91. The van der Waals surface area contributed by atoms with Gasteiger partial charge in [-0.1, -0.05) is 72.4 Å². The molecule has 1 unspecified atom stereocenters. The standard InChI is InChI=1S/C26H22N4O3S/c31-23-15-22(25(33)30(23)19-11-5-2-6-12-19)29(16-18-9-3-1-4-10-18)24(32)17-34-26-27-20-13-7-8-14-21(20)28-26/h1-14,22H,15-17H2,(H,27,28). The van der Waals surface area contributed by atoms with Crippen molar-refractivity contribution in [2.24, 2.45) is 0 Å². The fourth-order valence-corrected chi connectivity index (χ4v) is 4.84. The van der Waals surface area contributed by atoms with E-state index in [-0.39, 0.29) is 36.4 Å². The smallest absolute Gasteiger partial charge is 0.257 e. The van der Waals surface area contributed by atoms with E-state index in [2.05, 4.69) is 9.97 Å². The molecule has 0 spiro atoms. The number of carbonyl (C=O) groups is 3. The quantitative estimate of drug-likeness (QED) is 0.326. The summed E-state index contributed by atoms with van der Waals surface area (Å²) in [6.07, 6.45) is -0.0401. The van der Waals surface area contributed by atoms with Gasteiger partial charge >= 0.3 is 0 Å². The Bertz CT molecular complexity index is 1310. The van der Waals surface area contributed by atoms with Crippen LogP contribution in [0.4, 0.5) is 5.69 Å². The molecule has 34 heavy (non-hydrogen) atoms. The van der Waals surface area contributed by atoms with E-state index in [1.54, 1.807) is 24.3 Å². The van der Waals surface area contributed by atoms with Crippen molar-refractivity contribution in [1.29, 1.82) is 0 Å². The Kier molecular flexibility index (Phi) is 6.14. The summed E-state index contributed by atoms with van der Waals surface area (Å²) in [5, 5.41) is 0.633. The molecule has 1 N–H and O–H groups in total. The first kappa shape index (κ1) is 21.9. The molecule has 170 valence electrons. The first-order valence-corrected chi connectivity index (χ1v) is 11.9. The first-order chi connectivity index (χ1) is 16.6. The molecule has 8 heteroatoms. The second kappa shape index (κ2) is 9.52. The summed E-state index contributed by atoms with van der Waals surface area (Å²) < 4.78 is 0. The van der Waals surface area contributed by atoms with Gasteiger partial charge in [-0.05, 0) is 29.8 Å². The lowest BCUT2D eigenvalue weighted by Crippen LogP contribution is -2.45. The first-order valence-electron chi connectivity index (χ1n) is 10.9. The van der Waals surface area contributed by atoms with Crippen LogP contribution in [-0.2, 0) is 20.9 Å². The largest absolute Gasteiger partial charge is 0.333 e. The number of amides is 3. The van der Waals surface area contributed by atoms with Gasteiger partial charge in [-0.2, -0.15) is 0 Å². The molecule has 1 fully saturated rings. The molecule has 0 saturated carbocycles. The minimum atomic E-state index is -0.850. The van der Waals surface area contributed by atoms with Crippen LogP contribution in [0.25, 0.3) is 11.0 Å². The van der Waals surface area contributed by atoms with Crippen LogP contribution in [0.1, 0.15) is 12.0 Å². The van der Waals surface area contributed by atoms with Gasteiger partial charge in [0.15, 0.2) is 5.16 Å². The molecule has 1 aliphatic heterocycles. The third-order valence-corrected chi connectivity index (χ3v) is 6.59. The van der Waals surface area contributed by atoms with Crippen molar-refractivity contribution in [3.8, 4) is 0 Å². The summed E-state index contributed by atoms with van der Waals surface area (Å²) in [6, 6.07) is 25.1. The molecule has 1 aliphatic rings. The third-order valence-electron chi connectivity index (χ3n) is 5.73. The summed E-state index contributed by atoms with van der Waals surface area (Å²) in [4.78, 5) is 50.0. The van der Waals surface area contributed by atoms with E-state index in [4.69, 9.17) is 0 Å². The predicted molar refractivity (Wildman–Crippen MR) is 131 cm³/mol. The predicted octanol–water partition coefficient (Wildman–Crippen LogP) is 4.02. The van der Waals surface area contributed by atoms with E-state index in [0.29, 0.717) is 10.8 Å².